The second-order valence-corrected chi connectivity index (χ2v) is 7.02. The van der Waals surface area contributed by atoms with Gasteiger partial charge in [0, 0.05) is 53.2 Å². The Hall–Kier alpha value is -0.940. The van der Waals surface area contributed by atoms with Crippen LogP contribution in [0.2, 0.25) is 0 Å². The van der Waals surface area contributed by atoms with Crippen LogP contribution in [-0.2, 0) is 30.2 Å². The van der Waals surface area contributed by atoms with E-state index in [1.54, 1.807) is 0 Å². The minimum absolute atomic E-state index is 0.537. The van der Waals surface area contributed by atoms with Gasteiger partial charge in [0.1, 0.15) is 5.82 Å². The summed E-state index contributed by atoms with van der Waals surface area (Å²) < 4.78 is 11.5. The lowest BCUT2D eigenvalue weighted by Gasteiger charge is -2.30. The molecule has 1 fully saturated rings. The van der Waals surface area contributed by atoms with Crippen molar-refractivity contribution in [2.24, 2.45) is 5.73 Å². The summed E-state index contributed by atoms with van der Waals surface area (Å²) in [6, 6.07) is 2.25. The van der Waals surface area contributed by atoms with E-state index < -0.39 is 10.8 Å². The first kappa shape index (κ1) is 13.1. The van der Waals surface area contributed by atoms with E-state index in [2.05, 4.69) is 11.0 Å². The molecule has 3 rings (SSSR count). The zero-order valence-electron chi connectivity index (χ0n) is 11.2. The molecule has 1 saturated heterocycles. The molecule has 5 heteroatoms. The van der Waals surface area contributed by atoms with Gasteiger partial charge in [-0.2, -0.15) is 0 Å². The highest BCUT2D eigenvalue weighted by molar-refractivity contribution is 7.85. The highest BCUT2D eigenvalue weighted by Gasteiger charge is 2.21. The summed E-state index contributed by atoms with van der Waals surface area (Å²) in [5.74, 6) is 2.55. The van der Waals surface area contributed by atoms with Crippen LogP contribution in [0.5, 0.6) is 0 Å². The van der Waals surface area contributed by atoms with Crippen LogP contribution in [0.1, 0.15) is 29.7 Å². The Morgan fingerprint density at radius 2 is 2.00 bits per heavy atom. The lowest BCUT2D eigenvalue weighted by Crippen LogP contribution is -2.39. The Kier molecular flexibility index (Phi) is 3.84. The summed E-state index contributed by atoms with van der Waals surface area (Å²) in [6.07, 6.45) is 4.73. The van der Waals surface area contributed by atoms with Gasteiger partial charge in [-0.05, 0) is 37.3 Å². The summed E-state index contributed by atoms with van der Waals surface area (Å²) in [5, 5.41) is 0. The van der Waals surface area contributed by atoms with Crippen LogP contribution >= 0.6 is 0 Å². The molecule has 0 atom stereocenters. The second-order valence-electron chi connectivity index (χ2n) is 5.32. The fraction of sp³-hybridized carbons (Fsp3) is 0.643. The van der Waals surface area contributed by atoms with Crippen molar-refractivity contribution in [3.05, 3.63) is 22.9 Å². The van der Waals surface area contributed by atoms with Crippen molar-refractivity contribution in [2.45, 2.75) is 32.2 Å². The molecule has 19 heavy (non-hydrogen) atoms. The fourth-order valence-electron chi connectivity index (χ4n) is 2.94. The number of hydrogen-bond donors (Lipinski definition) is 1. The van der Waals surface area contributed by atoms with Crippen LogP contribution in [0, 0.1) is 0 Å². The molecule has 2 N–H and O–H groups in total. The molecule has 0 radical (unpaired) electrons. The van der Waals surface area contributed by atoms with Gasteiger partial charge in [-0.15, -0.1) is 0 Å². The maximum atomic E-state index is 11.5. The van der Waals surface area contributed by atoms with Crippen molar-refractivity contribution in [1.82, 2.24) is 4.98 Å². The molecule has 2 heterocycles. The van der Waals surface area contributed by atoms with E-state index >= 15 is 0 Å². The number of fused-ring (bicyclic) bond motifs is 1. The SMILES string of the molecule is NCc1cc2c(nc1N1CCS(=O)CC1)CCCC2. The van der Waals surface area contributed by atoms with Crippen molar-refractivity contribution in [2.75, 3.05) is 29.5 Å². The number of pyridine rings is 1. The summed E-state index contributed by atoms with van der Waals surface area (Å²) in [6.45, 7) is 2.21. The first-order valence-electron chi connectivity index (χ1n) is 7.09. The topological polar surface area (TPSA) is 59.2 Å². The lowest BCUT2D eigenvalue weighted by molar-refractivity contribution is 0.657. The minimum Gasteiger partial charge on any atom is -0.354 e. The first-order chi connectivity index (χ1) is 9.28. The van der Waals surface area contributed by atoms with Gasteiger partial charge >= 0.3 is 0 Å². The van der Waals surface area contributed by atoms with Crippen molar-refractivity contribution in [1.29, 1.82) is 0 Å². The van der Waals surface area contributed by atoms with E-state index in [1.807, 2.05) is 0 Å². The summed E-state index contributed by atoms with van der Waals surface area (Å²) >= 11 is 0. The average Bonchev–Trinajstić information content (AvgIpc) is 2.46. The molecule has 0 bridgehead atoms. The van der Waals surface area contributed by atoms with Gasteiger partial charge < -0.3 is 10.6 Å². The number of nitrogens with two attached hydrogens (primary N) is 1. The lowest BCUT2D eigenvalue weighted by atomic mass is 9.94. The zero-order valence-corrected chi connectivity index (χ0v) is 12.0. The molecule has 0 saturated carbocycles. The number of aromatic nitrogens is 1. The molecule has 1 aromatic heterocycles. The second kappa shape index (κ2) is 5.59. The van der Waals surface area contributed by atoms with Crippen LogP contribution in [0.15, 0.2) is 6.07 Å². The highest BCUT2D eigenvalue weighted by Crippen LogP contribution is 2.27. The van der Waals surface area contributed by atoms with Crippen LogP contribution in [0.4, 0.5) is 5.82 Å². The van der Waals surface area contributed by atoms with Crippen LogP contribution in [0.25, 0.3) is 0 Å². The van der Waals surface area contributed by atoms with Gasteiger partial charge in [-0.25, -0.2) is 4.98 Å². The normalized spacial score (nSPS) is 20.4. The molecule has 0 spiro atoms. The van der Waals surface area contributed by atoms with E-state index in [1.165, 1.54) is 24.1 Å². The van der Waals surface area contributed by atoms with E-state index in [-0.39, 0.29) is 0 Å². The van der Waals surface area contributed by atoms with Crippen molar-refractivity contribution < 1.29 is 4.21 Å². The number of aryl methyl sites for hydroxylation is 2. The van der Waals surface area contributed by atoms with Crippen LogP contribution in [-0.4, -0.2) is 33.8 Å². The number of hydrogen-bond acceptors (Lipinski definition) is 4. The molecule has 104 valence electrons. The van der Waals surface area contributed by atoms with Crippen molar-refractivity contribution in [3.8, 4) is 0 Å². The average molecular weight is 279 g/mol. The predicted octanol–water partition coefficient (Wildman–Crippen LogP) is 0.988. The molecule has 0 amide bonds. The molecule has 1 aliphatic carbocycles. The van der Waals surface area contributed by atoms with E-state index in [0.717, 1.165) is 48.8 Å². The molecular weight excluding hydrogens is 258 g/mol. The monoisotopic (exact) mass is 279 g/mol. The molecule has 1 aliphatic heterocycles. The molecule has 2 aliphatic rings. The van der Waals surface area contributed by atoms with Crippen molar-refractivity contribution in [3.63, 3.8) is 0 Å². The standard InChI is InChI=1S/C14H21N3OS/c15-10-12-9-11-3-1-2-4-13(11)16-14(12)17-5-7-19(18)8-6-17/h9H,1-8,10,15H2. The van der Waals surface area contributed by atoms with E-state index in [0.29, 0.717) is 6.54 Å². The number of nitrogens with zero attached hydrogens (tertiary/aromatic N) is 2. The summed E-state index contributed by atoms with van der Waals surface area (Å²) in [5.41, 5.74) is 9.68. The molecule has 1 aromatic rings. The number of rotatable bonds is 2. The fourth-order valence-corrected chi connectivity index (χ4v) is 4.00. The summed E-state index contributed by atoms with van der Waals surface area (Å²) in [7, 11) is -0.646. The maximum Gasteiger partial charge on any atom is 0.133 e. The molecular formula is C14H21N3OS. The minimum atomic E-state index is -0.646. The zero-order chi connectivity index (χ0) is 13.2. The largest absolute Gasteiger partial charge is 0.354 e. The van der Waals surface area contributed by atoms with Gasteiger partial charge in [0.05, 0.1) is 0 Å². The molecule has 0 aromatic carbocycles. The van der Waals surface area contributed by atoms with Gasteiger partial charge in [-0.3, -0.25) is 4.21 Å². The Balaban J connectivity index is 1.93. The Morgan fingerprint density at radius 1 is 1.26 bits per heavy atom. The van der Waals surface area contributed by atoms with Gasteiger partial charge in [0.2, 0.25) is 0 Å². The highest BCUT2D eigenvalue weighted by atomic mass is 32.2. The third kappa shape index (κ3) is 2.67. The predicted molar refractivity (Wildman–Crippen MR) is 78.9 cm³/mol. The summed E-state index contributed by atoms with van der Waals surface area (Å²) in [4.78, 5) is 7.14. The Bertz CT molecular complexity index is 494. The quantitative estimate of drug-likeness (QED) is 0.877. The Labute approximate surface area is 116 Å². The van der Waals surface area contributed by atoms with Crippen molar-refractivity contribution >= 4 is 16.6 Å². The maximum absolute atomic E-state index is 11.5. The third-order valence-electron chi connectivity index (χ3n) is 4.05. The van der Waals surface area contributed by atoms with E-state index in [4.69, 9.17) is 10.7 Å². The number of anilines is 1. The smallest absolute Gasteiger partial charge is 0.133 e. The Morgan fingerprint density at radius 3 is 2.74 bits per heavy atom. The van der Waals surface area contributed by atoms with E-state index in [9.17, 15) is 4.21 Å². The van der Waals surface area contributed by atoms with Gasteiger partial charge in [-0.1, -0.05) is 0 Å². The van der Waals surface area contributed by atoms with Crippen LogP contribution in [0.3, 0.4) is 0 Å². The molecule has 0 unspecified atom stereocenters. The van der Waals surface area contributed by atoms with Gasteiger partial charge in [0.25, 0.3) is 0 Å². The first-order valence-corrected chi connectivity index (χ1v) is 8.58. The van der Waals surface area contributed by atoms with Gasteiger partial charge in [0.15, 0.2) is 0 Å². The third-order valence-corrected chi connectivity index (χ3v) is 5.33. The van der Waals surface area contributed by atoms with Crippen LogP contribution < -0.4 is 10.6 Å². The molecule has 4 nitrogen and oxygen atoms in total.